The molecule has 0 aromatic carbocycles. The molecule has 0 saturated carbocycles. The van der Waals surface area contributed by atoms with Crippen LogP contribution in [-0.4, -0.2) is 62.5 Å². The van der Waals surface area contributed by atoms with Gasteiger partial charge in [0, 0.05) is 32.8 Å². The highest BCUT2D eigenvalue weighted by Gasteiger charge is 2.23. The Morgan fingerprint density at radius 2 is 1.88 bits per heavy atom. The quantitative estimate of drug-likeness (QED) is 0.323. The molecule has 0 bridgehead atoms. The molecule has 0 amide bonds. The summed E-state index contributed by atoms with van der Waals surface area (Å²) < 4.78 is 11.9. The minimum Gasteiger partial charge on any atom is -0.376 e. The van der Waals surface area contributed by atoms with Gasteiger partial charge in [0.15, 0.2) is 5.96 Å². The van der Waals surface area contributed by atoms with Crippen LogP contribution in [0.25, 0.3) is 0 Å². The molecule has 154 valence electrons. The van der Waals surface area contributed by atoms with Crippen molar-refractivity contribution in [3.05, 3.63) is 0 Å². The highest BCUT2D eigenvalue weighted by atomic mass is 127. The van der Waals surface area contributed by atoms with Crippen LogP contribution < -0.4 is 5.32 Å². The highest BCUT2D eigenvalue weighted by Crippen LogP contribution is 2.18. The molecule has 26 heavy (non-hydrogen) atoms. The van der Waals surface area contributed by atoms with E-state index in [2.05, 4.69) is 31.0 Å². The summed E-state index contributed by atoms with van der Waals surface area (Å²) in [6, 6.07) is 0. The first-order chi connectivity index (χ1) is 12.3. The molecule has 5 nitrogen and oxygen atoms in total. The van der Waals surface area contributed by atoms with Crippen molar-refractivity contribution in [2.45, 2.75) is 77.9 Å². The van der Waals surface area contributed by atoms with Crippen molar-refractivity contribution in [1.82, 2.24) is 10.2 Å². The molecule has 1 atom stereocenters. The Morgan fingerprint density at radius 3 is 2.46 bits per heavy atom. The van der Waals surface area contributed by atoms with E-state index in [-0.39, 0.29) is 24.0 Å². The van der Waals surface area contributed by atoms with Gasteiger partial charge >= 0.3 is 0 Å². The largest absolute Gasteiger partial charge is 0.376 e. The first kappa shape index (κ1) is 24.0. The number of likely N-dealkylation sites (tertiary alicyclic amines) is 1. The first-order valence-electron chi connectivity index (χ1n) is 10.5. The molecular weight excluding hydrogens is 441 g/mol. The molecule has 0 aromatic heterocycles. The Balaban J connectivity index is 0.00000338. The lowest BCUT2D eigenvalue weighted by Gasteiger charge is -2.35. The number of guanidine groups is 1. The van der Waals surface area contributed by atoms with E-state index in [9.17, 15) is 0 Å². The monoisotopic (exact) mass is 481 g/mol. The molecule has 2 rings (SSSR count). The molecule has 2 heterocycles. The third-order valence-corrected chi connectivity index (χ3v) is 5.52. The average Bonchev–Trinajstić information content (AvgIpc) is 2.67. The fourth-order valence-electron chi connectivity index (χ4n) is 3.60. The molecular formula is C20H40IN3O2. The first-order valence-corrected chi connectivity index (χ1v) is 10.5. The number of rotatable bonds is 8. The van der Waals surface area contributed by atoms with Crippen LogP contribution in [-0.2, 0) is 9.47 Å². The molecule has 2 aliphatic heterocycles. The lowest BCUT2D eigenvalue weighted by molar-refractivity contribution is -0.0721. The predicted molar refractivity (Wildman–Crippen MR) is 120 cm³/mol. The Morgan fingerprint density at radius 1 is 1.15 bits per heavy atom. The zero-order valence-corrected chi connectivity index (χ0v) is 19.4. The number of piperidine rings is 1. The normalized spacial score (nSPS) is 22.4. The summed E-state index contributed by atoms with van der Waals surface area (Å²) in [4.78, 5) is 7.30. The van der Waals surface area contributed by atoms with Crippen LogP contribution in [0.1, 0.15) is 65.7 Å². The van der Waals surface area contributed by atoms with Crippen LogP contribution in [0.4, 0.5) is 0 Å². The zero-order chi connectivity index (χ0) is 17.9. The standard InChI is InChI=1S/C20H39N3O2.HI/c1-4-17(5-2)15-22-20(21-6-3)23-12-10-18(11-13-23)25-16-19-9-7-8-14-24-19;/h17-19H,4-16H2,1-3H3,(H,21,22);1H. The van der Waals surface area contributed by atoms with Gasteiger partial charge in [0.05, 0.1) is 18.8 Å². The number of ether oxygens (including phenoxy) is 2. The lowest BCUT2D eigenvalue weighted by atomic mass is 10.0. The summed E-state index contributed by atoms with van der Waals surface area (Å²) >= 11 is 0. The highest BCUT2D eigenvalue weighted by molar-refractivity contribution is 14.0. The number of hydrogen-bond acceptors (Lipinski definition) is 3. The van der Waals surface area contributed by atoms with E-state index in [1.54, 1.807) is 0 Å². The topological polar surface area (TPSA) is 46.1 Å². The maximum Gasteiger partial charge on any atom is 0.193 e. The molecule has 0 aliphatic carbocycles. The van der Waals surface area contributed by atoms with E-state index < -0.39 is 0 Å². The van der Waals surface area contributed by atoms with Gasteiger partial charge in [-0.3, -0.25) is 4.99 Å². The lowest BCUT2D eigenvalue weighted by Crippen LogP contribution is -2.47. The van der Waals surface area contributed by atoms with E-state index in [0.29, 0.717) is 18.1 Å². The smallest absolute Gasteiger partial charge is 0.193 e. The van der Waals surface area contributed by atoms with Crippen molar-refractivity contribution >= 4 is 29.9 Å². The molecule has 2 saturated heterocycles. The maximum atomic E-state index is 6.13. The Kier molecular flexibility index (Phi) is 12.9. The SMILES string of the molecule is CCNC(=NCC(CC)CC)N1CCC(OCC2CCCCO2)CC1.I. The molecule has 1 N–H and O–H groups in total. The Hall–Kier alpha value is -0.0800. The van der Waals surface area contributed by atoms with Gasteiger partial charge in [0.1, 0.15) is 0 Å². The van der Waals surface area contributed by atoms with Crippen molar-refractivity contribution in [3.8, 4) is 0 Å². The van der Waals surface area contributed by atoms with Crippen LogP contribution in [0.5, 0.6) is 0 Å². The van der Waals surface area contributed by atoms with Crippen molar-refractivity contribution in [3.63, 3.8) is 0 Å². The van der Waals surface area contributed by atoms with E-state index in [1.165, 1.54) is 25.7 Å². The van der Waals surface area contributed by atoms with E-state index >= 15 is 0 Å². The molecule has 2 aliphatic rings. The van der Waals surface area contributed by atoms with Gasteiger partial charge in [0.2, 0.25) is 0 Å². The van der Waals surface area contributed by atoms with Gasteiger partial charge in [-0.15, -0.1) is 24.0 Å². The van der Waals surface area contributed by atoms with Crippen LogP contribution in [0.15, 0.2) is 4.99 Å². The second-order valence-electron chi connectivity index (χ2n) is 7.39. The number of nitrogens with zero attached hydrogens (tertiary/aromatic N) is 2. The fraction of sp³-hybridized carbons (Fsp3) is 0.950. The van der Waals surface area contributed by atoms with Crippen molar-refractivity contribution in [2.24, 2.45) is 10.9 Å². The Labute approximate surface area is 177 Å². The molecule has 1 unspecified atom stereocenters. The van der Waals surface area contributed by atoms with Gasteiger partial charge in [-0.05, 0) is 44.9 Å². The van der Waals surface area contributed by atoms with Crippen molar-refractivity contribution in [2.75, 3.05) is 39.4 Å². The number of aliphatic imine (C=N–C) groups is 1. The van der Waals surface area contributed by atoms with E-state index in [1.807, 2.05) is 0 Å². The van der Waals surface area contributed by atoms with Crippen LogP contribution in [0.3, 0.4) is 0 Å². The fourth-order valence-corrected chi connectivity index (χ4v) is 3.60. The third kappa shape index (κ3) is 8.30. The van der Waals surface area contributed by atoms with Gasteiger partial charge in [-0.1, -0.05) is 26.7 Å². The third-order valence-electron chi connectivity index (χ3n) is 5.52. The average molecular weight is 481 g/mol. The maximum absolute atomic E-state index is 6.13. The molecule has 0 radical (unpaired) electrons. The van der Waals surface area contributed by atoms with Crippen LogP contribution in [0.2, 0.25) is 0 Å². The zero-order valence-electron chi connectivity index (χ0n) is 17.0. The number of halogens is 1. The second kappa shape index (κ2) is 14.0. The van der Waals surface area contributed by atoms with E-state index in [0.717, 1.165) is 64.6 Å². The summed E-state index contributed by atoms with van der Waals surface area (Å²) in [5.74, 6) is 1.79. The molecule has 2 fully saturated rings. The molecule has 0 spiro atoms. The number of nitrogens with one attached hydrogen (secondary N) is 1. The molecule has 6 heteroatoms. The summed E-state index contributed by atoms with van der Waals surface area (Å²) in [6.45, 7) is 12.3. The van der Waals surface area contributed by atoms with Crippen molar-refractivity contribution in [1.29, 1.82) is 0 Å². The minimum atomic E-state index is 0. The van der Waals surface area contributed by atoms with Crippen molar-refractivity contribution < 1.29 is 9.47 Å². The second-order valence-corrected chi connectivity index (χ2v) is 7.39. The summed E-state index contributed by atoms with van der Waals surface area (Å²) in [7, 11) is 0. The Bertz CT molecular complexity index is 377. The predicted octanol–water partition coefficient (Wildman–Crippen LogP) is 4.06. The minimum absolute atomic E-state index is 0. The van der Waals surface area contributed by atoms with Crippen LogP contribution >= 0.6 is 24.0 Å². The number of hydrogen-bond donors (Lipinski definition) is 1. The summed E-state index contributed by atoms with van der Waals surface area (Å²) in [6.07, 6.45) is 8.94. The van der Waals surface area contributed by atoms with Gasteiger partial charge in [-0.25, -0.2) is 0 Å². The van der Waals surface area contributed by atoms with E-state index in [4.69, 9.17) is 14.5 Å². The molecule has 0 aromatic rings. The van der Waals surface area contributed by atoms with Crippen LogP contribution in [0, 0.1) is 5.92 Å². The summed E-state index contributed by atoms with van der Waals surface area (Å²) in [5, 5.41) is 3.47. The summed E-state index contributed by atoms with van der Waals surface area (Å²) in [5.41, 5.74) is 0. The van der Waals surface area contributed by atoms with Gasteiger partial charge in [0.25, 0.3) is 0 Å². The van der Waals surface area contributed by atoms with Gasteiger partial charge in [-0.2, -0.15) is 0 Å². The van der Waals surface area contributed by atoms with Gasteiger partial charge < -0.3 is 19.7 Å².